The van der Waals surface area contributed by atoms with Crippen molar-refractivity contribution in [2.45, 2.75) is 25.3 Å². The quantitative estimate of drug-likeness (QED) is 0.137. The maximum absolute atomic E-state index is 5.93. The summed E-state index contributed by atoms with van der Waals surface area (Å²) in [7, 11) is 0. The Balaban J connectivity index is 5.10. The first-order valence-corrected chi connectivity index (χ1v) is 10.4. The molecule has 0 atom stereocenters. The summed E-state index contributed by atoms with van der Waals surface area (Å²) in [6.07, 6.45) is 1.84. The molecule has 27 heavy (non-hydrogen) atoms. The minimum absolute atomic E-state index is 0.0162. The van der Waals surface area contributed by atoms with Gasteiger partial charge in [-0.3, -0.25) is 14.7 Å². The van der Waals surface area contributed by atoms with Gasteiger partial charge in [0.25, 0.3) is 0 Å². The van der Waals surface area contributed by atoms with Crippen LogP contribution in [0.2, 0.25) is 0 Å². The van der Waals surface area contributed by atoms with Crippen molar-refractivity contribution in [3.63, 3.8) is 0 Å². The van der Waals surface area contributed by atoms with Crippen molar-refractivity contribution in [3.05, 3.63) is 0 Å². The van der Waals surface area contributed by atoms with Crippen LogP contribution in [-0.2, 0) is 0 Å². The molecule has 9 nitrogen and oxygen atoms in total. The first kappa shape index (κ1) is 26.6. The van der Waals surface area contributed by atoms with Gasteiger partial charge in [-0.05, 0) is 32.9 Å². The molecule has 0 spiro atoms. The molecule has 0 amide bonds. The van der Waals surface area contributed by atoms with Gasteiger partial charge < -0.3 is 34.4 Å². The Morgan fingerprint density at radius 1 is 0.481 bits per heavy atom. The van der Waals surface area contributed by atoms with Crippen molar-refractivity contribution in [2.75, 3.05) is 91.6 Å². The van der Waals surface area contributed by atoms with Gasteiger partial charge in [0.1, 0.15) is 0 Å². The Morgan fingerprint density at radius 3 is 1.07 bits per heavy atom. The molecular weight excluding hydrogens is 342 g/mol. The van der Waals surface area contributed by atoms with Crippen LogP contribution in [0.4, 0.5) is 0 Å². The lowest BCUT2D eigenvalue weighted by Gasteiger charge is -2.43. The fraction of sp³-hybridized carbons (Fsp3) is 1.00. The summed E-state index contributed by atoms with van der Waals surface area (Å²) in [6, 6.07) is 0. The molecule has 164 valence electrons. The van der Waals surface area contributed by atoms with E-state index in [1.165, 1.54) is 0 Å². The average Bonchev–Trinajstić information content (AvgIpc) is 2.62. The first-order chi connectivity index (χ1) is 13.0. The minimum Gasteiger partial charge on any atom is -0.330 e. The van der Waals surface area contributed by atoms with E-state index in [1.807, 2.05) is 0 Å². The normalized spacial score (nSPS) is 12.7. The SMILES string of the molecule is CC(CCN)(CCN)N(CCN(CCN)CCN)CCN(CCN)CCN. The predicted molar refractivity (Wildman–Crippen MR) is 116 cm³/mol. The summed E-state index contributed by atoms with van der Waals surface area (Å²) in [6.45, 7) is 13.4. The largest absolute Gasteiger partial charge is 0.330 e. The predicted octanol–water partition coefficient (Wildman–Crippen LogP) is -2.82. The van der Waals surface area contributed by atoms with Gasteiger partial charge >= 0.3 is 0 Å². The lowest BCUT2D eigenvalue weighted by molar-refractivity contribution is 0.0652. The van der Waals surface area contributed by atoms with Gasteiger partial charge in [-0.25, -0.2) is 0 Å². The maximum Gasteiger partial charge on any atom is 0.0206 e. The highest BCUT2D eigenvalue weighted by atomic mass is 15.3. The van der Waals surface area contributed by atoms with Gasteiger partial charge in [0.15, 0.2) is 0 Å². The van der Waals surface area contributed by atoms with Crippen molar-refractivity contribution in [1.82, 2.24) is 14.7 Å². The van der Waals surface area contributed by atoms with Gasteiger partial charge in [-0.1, -0.05) is 0 Å². The molecule has 0 aromatic heterocycles. The highest BCUT2D eigenvalue weighted by molar-refractivity contribution is 4.88. The third-order valence-corrected chi connectivity index (χ3v) is 5.28. The van der Waals surface area contributed by atoms with Gasteiger partial charge in [0.05, 0.1) is 0 Å². The van der Waals surface area contributed by atoms with Crippen molar-refractivity contribution in [2.24, 2.45) is 34.4 Å². The van der Waals surface area contributed by atoms with Gasteiger partial charge in [-0.15, -0.1) is 0 Å². The molecule has 0 aromatic rings. The highest BCUT2D eigenvalue weighted by Gasteiger charge is 2.30. The zero-order valence-corrected chi connectivity index (χ0v) is 17.6. The van der Waals surface area contributed by atoms with Crippen LogP contribution in [0, 0.1) is 0 Å². The molecule has 0 radical (unpaired) electrons. The second-order valence-electron chi connectivity index (χ2n) is 7.40. The molecule has 0 unspecified atom stereocenters. The fourth-order valence-corrected chi connectivity index (χ4v) is 3.64. The van der Waals surface area contributed by atoms with E-state index in [0.29, 0.717) is 39.3 Å². The zero-order valence-electron chi connectivity index (χ0n) is 17.6. The van der Waals surface area contributed by atoms with E-state index >= 15 is 0 Å². The molecule has 9 heteroatoms. The Kier molecular flexibility index (Phi) is 16.4. The number of rotatable bonds is 19. The van der Waals surface area contributed by atoms with Crippen LogP contribution in [0.15, 0.2) is 0 Å². The number of nitrogens with two attached hydrogens (primary N) is 6. The van der Waals surface area contributed by atoms with Crippen molar-refractivity contribution in [1.29, 1.82) is 0 Å². The van der Waals surface area contributed by atoms with Crippen LogP contribution in [0.1, 0.15) is 19.8 Å². The third kappa shape index (κ3) is 11.3. The van der Waals surface area contributed by atoms with Crippen LogP contribution in [0.25, 0.3) is 0 Å². The number of nitrogens with zero attached hydrogens (tertiary/aromatic N) is 3. The Morgan fingerprint density at radius 2 is 0.815 bits per heavy atom. The van der Waals surface area contributed by atoms with E-state index in [0.717, 1.165) is 65.2 Å². The second-order valence-corrected chi connectivity index (χ2v) is 7.40. The minimum atomic E-state index is -0.0162. The third-order valence-electron chi connectivity index (χ3n) is 5.28. The number of hydrogen-bond acceptors (Lipinski definition) is 9. The molecule has 12 N–H and O–H groups in total. The van der Waals surface area contributed by atoms with Gasteiger partial charge in [-0.2, -0.15) is 0 Å². The Labute approximate surface area is 166 Å². The summed E-state index contributed by atoms with van der Waals surface area (Å²) >= 11 is 0. The molecule has 0 aliphatic heterocycles. The molecular formula is C18H47N9. The van der Waals surface area contributed by atoms with Gasteiger partial charge in [0.2, 0.25) is 0 Å². The van der Waals surface area contributed by atoms with E-state index in [9.17, 15) is 0 Å². The molecule has 0 saturated carbocycles. The van der Waals surface area contributed by atoms with Crippen molar-refractivity contribution in [3.8, 4) is 0 Å². The molecule has 0 rings (SSSR count). The number of hydrogen-bond donors (Lipinski definition) is 6. The molecule has 0 aliphatic rings. The van der Waals surface area contributed by atoms with Crippen molar-refractivity contribution >= 4 is 0 Å². The van der Waals surface area contributed by atoms with E-state index < -0.39 is 0 Å². The lowest BCUT2D eigenvalue weighted by atomic mass is 9.91. The van der Waals surface area contributed by atoms with Crippen LogP contribution < -0.4 is 34.4 Å². The zero-order chi connectivity index (χ0) is 20.5. The van der Waals surface area contributed by atoms with E-state index in [2.05, 4.69) is 21.6 Å². The molecule has 0 heterocycles. The first-order valence-electron chi connectivity index (χ1n) is 10.4. The average molecular weight is 390 g/mol. The summed E-state index contributed by atoms with van der Waals surface area (Å²) in [5.41, 5.74) is 34.9. The summed E-state index contributed by atoms with van der Waals surface area (Å²) in [5, 5.41) is 0. The maximum atomic E-state index is 5.93. The smallest absolute Gasteiger partial charge is 0.0206 e. The van der Waals surface area contributed by atoms with Crippen LogP contribution in [0.5, 0.6) is 0 Å². The Bertz CT molecular complexity index is 292. The van der Waals surface area contributed by atoms with E-state index in [1.54, 1.807) is 0 Å². The molecule has 0 aromatic carbocycles. The molecule has 0 saturated heterocycles. The molecule has 0 bridgehead atoms. The van der Waals surface area contributed by atoms with Crippen molar-refractivity contribution < 1.29 is 0 Å². The summed E-state index contributed by atoms with van der Waals surface area (Å²) in [5.74, 6) is 0. The highest BCUT2D eigenvalue weighted by Crippen LogP contribution is 2.23. The second kappa shape index (κ2) is 16.6. The van der Waals surface area contributed by atoms with Gasteiger partial charge in [0, 0.05) is 84.1 Å². The van der Waals surface area contributed by atoms with Crippen LogP contribution in [-0.4, -0.2) is 112 Å². The lowest BCUT2D eigenvalue weighted by Crippen LogP contribution is -2.54. The standard InChI is InChI=1S/C18H47N9/c1-18(2-4-19,3-5-20)27(16-14-25(10-6-21)11-7-22)17-15-26(12-8-23)13-9-24/h2-17,19-24H2,1H3. The summed E-state index contributed by atoms with van der Waals surface area (Å²) < 4.78 is 0. The summed E-state index contributed by atoms with van der Waals surface area (Å²) in [4.78, 5) is 7.19. The molecule has 0 fully saturated rings. The van der Waals surface area contributed by atoms with Crippen LogP contribution >= 0.6 is 0 Å². The molecule has 0 aliphatic carbocycles. The van der Waals surface area contributed by atoms with Crippen LogP contribution in [0.3, 0.4) is 0 Å². The topological polar surface area (TPSA) is 166 Å². The van der Waals surface area contributed by atoms with E-state index in [4.69, 9.17) is 34.4 Å². The Hall–Kier alpha value is -0.360. The monoisotopic (exact) mass is 389 g/mol. The van der Waals surface area contributed by atoms with E-state index in [-0.39, 0.29) is 5.54 Å². The fourth-order valence-electron chi connectivity index (χ4n) is 3.64.